The van der Waals surface area contributed by atoms with Crippen LogP contribution >= 0.6 is 0 Å². The van der Waals surface area contributed by atoms with Crippen LogP contribution in [0.2, 0.25) is 0 Å². The Morgan fingerprint density at radius 1 is 1.03 bits per heavy atom. The van der Waals surface area contributed by atoms with Crippen molar-refractivity contribution in [3.05, 3.63) is 89.7 Å². The lowest BCUT2D eigenvalue weighted by Crippen LogP contribution is -2.47. The minimum Gasteiger partial charge on any atom is -0.497 e. The van der Waals surface area contributed by atoms with E-state index in [1.807, 2.05) is 48.5 Å². The number of ether oxygens (including phenoxy) is 1. The number of hydrogen-bond donors (Lipinski definition) is 1. The van der Waals surface area contributed by atoms with Crippen molar-refractivity contribution in [1.82, 2.24) is 25.2 Å². The smallest absolute Gasteiger partial charge is 0.247 e. The molecule has 1 N–H and O–H groups in total. The van der Waals surface area contributed by atoms with Gasteiger partial charge in [-0.15, -0.1) is 5.10 Å². The molecule has 1 aliphatic carbocycles. The Balaban J connectivity index is 1.51. The lowest BCUT2D eigenvalue weighted by molar-refractivity contribution is -0.142. The molecule has 202 valence electrons. The molecule has 39 heavy (non-hydrogen) atoms. The summed E-state index contributed by atoms with van der Waals surface area (Å²) < 4.78 is 20.7. The third-order valence-corrected chi connectivity index (χ3v) is 7.23. The van der Waals surface area contributed by atoms with E-state index < -0.39 is 11.9 Å². The summed E-state index contributed by atoms with van der Waals surface area (Å²) in [5.74, 6) is -0.309. The number of hydrogen-bond acceptors (Lipinski definition) is 5. The second kappa shape index (κ2) is 12.1. The van der Waals surface area contributed by atoms with Gasteiger partial charge in [0.15, 0.2) is 0 Å². The van der Waals surface area contributed by atoms with Crippen LogP contribution < -0.4 is 10.1 Å². The van der Waals surface area contributed by atoms with Crippen LogP contribution in [0, 0.1) is 5.82 Å². The number of fused-ring (bicyclic) bond motifs is 1. The van der Waals surface area contributed by atoms with Crippen LogP contribution in [-0.4, -0.2) is 44.9 Å². The minimum atomic E-state index is -0.961. The molecule has 1 heterocycles. The van der Waals surface area contributed by atoms with Crippen molar-refractivity contribution in [2.24, 2.45) is 0 Å². The van der Waals surface area contributed by atoms with Gasteiger partial charge in [-0.1, -0.05) is 60.9 Å². The first-order valence-corrected chi connectivity index (χ1v) is 13.3. The fourth-order valence-corrected chi connectivity index (χ4v) is 5.15. The summed E-state index contributed by atoms with van der Waals surface area (Å²) in [7, 11) is 1.59. The van der Waals surface area contributed by atoms with Gasteiger partial charge in [0.1, 0.15) is 29.7 Å². The first-order valence-electron chi connectivity index (χ1n) is 13.3. The number of methoxy groups -OCH3 is 1. The molecule has 0 bridgehead atoms. The zero-order valence-corrected chi connectivity index (χ0v) is 21.9. The number of nitrogens with one attached hydrogen (secondary N) is 1. The third-order valence-electron chi connectivity index (χ3n) is 7.23. The fourth-order valence-electron chi connectivity index (χ4n) is 5.15. The number of halogens is 1. The van der Waals surface area contributed by atoms with Gasteiger partial charge in [0, 0.05) is 12.6 Å². The molecular weight excluding hydrogens is 497 g/mol. The summed E-state index contributed by atoms with van der Waals surface area (Å²) in [6.07, 6.45) is 5.07. The highest BCUT2D eigenvalue weighted by atomic mass is 19.1. The Morgan fingerprint density at radius 2 is 1.74 bits per heavy atom. The maximum absolute atomic E-state index is 14.0. The monoisotopic (exact) mass is 529 g/mol. The Labute approximate surface area is 226 Å². The van der Waals surface area contributed by atoms with E-state index in [4.69, 9.17) is 4.74 Å². The summed E-state index contributed by atoms with van der Waals surface area (Å²) in [5, 5.41) is 11.5. The number of nitrogens with zero attached hydrogens (tertiary/aromatic N) is 4. The van der Waals surface area contributed by atoms with Crippen molar-refractivity contribution >= 4 is 22.8 Å². The van der Waals surface area contributed by atoms with Crippen molar-refractivity contribution in [1.29, 1.82) is 0 Å². The Bertz CT molecular complexity index is 1410. The molecular formula is C30H32FN5O3. The number of para-hydroxylation sites is 1. The van der Waals surface area contributed by atoms with Gasteiger partial charge in [-0.2, -0.15) is 0 Å². The first-order chi connectivity index (χ1) is 19.0. The van der Waals surface area contributed by atoms with Gasteiger partial charge in [0.2, 0.25) is 11.8 Å². The highest BCUT2D eigenvalue weighted by Crippen LogP contribution is 2.27. The van der Waals surface area contributed by atoms with Crippen molar-refractivity contribution < 1.29 is 18.7 Å². The maximum atomic E-state index is 14.0. The summed E-state index contributed by atoms with van der Waals surface area (Å²) in [6, 6.07) is 19.6. The van der Waals surface area contributed by atoms with Gasteiger partial charge in [0.25, 0.3) is 0 Å². The SMILES string of the molecule is COc1ccc(CN(C(=O)Cn2nnc3ccccc32)[C@H](C(=O)NC2CCCCC2)c2ccc(F)cc2)cc1. The zero-order chi connectivity index (χ0) is 27.2. The fraction of sp³-hybridized carbons (Fsp3) is 0.333. The molecule has 2 amide bonds. The molecule has 0 radical (unpaired) electrons. The van der Waals surface area contributed by atoms with Crippen LogP contribution in [0.3, 0.4) is 0 Å². The van der Waals surface area contributed by atoms with E-state index >= 15 is 0 Å². The second-order valence-corrected chi connectivity index (χ2v) is 9.90. The van der Waals surface area contributed by atoms with Gasteiger partial charge >= 0.3 is 0 Å². The molecule has 1 fully saturated rings. The van der Waals surface area contributed by atoms with Gasteiger partial charge in [-0.25, -0.2) is 9.07 Å². The summed E-state index contributed by atoms with van der Waals surface area (Å²) in [6.45, 7) is 0.0562. The number of rotatable bonds is 9. The summed E-state index contributed by atoms with van der Waals surface area (Å²) in [5.41, 5.74) is 2.76. The van der Waals surface area contributed by atoms with Gasteiger partial charge < -0.3 is 15.0 Å². The molecule has 0 unspecified atom stereocenters. The van der Waals surface area contributed by atoms with Gasteiger partial charge in [-0.05, 0) is 60.4 Å². The van der Waals surface area contributed by atoms with Crippen LogP contribution in [0.4, 0.5) is 4.39 Å². The minimum absolute atomic E-state index is 0.0476. The van der Waals surface area contributed by atoms with Crippen molar-refractivity contribution in [2.45, 2.75) is 57.3 Å². The molecule has 4 aromatic rings. The molecule has 8 nitrogen and oxygen atoms in total. The van der Waals surface area contributed by atoms with E-state index in [0.717, 1.165) is 43.2 Å². The predicted octanol–water partition coefficient (Wildman–Crippen LogP) is 4.80. The highest BCUT2D eigenvalue weighted by molar-refractivity contribution is 5.89. The number of benzene rings is 3. The maximum Gasteiger partial charge on any atom is 0.247 e. The number of amides is 2. The molecule has 1 aliphatic rings. The third kappa shape index (κ3) is 6.25. The molecule has 1 atom stereocenters. The molecule has 3 aromatic carbocycles. The molecule has 0 spiro atoms. The number of aromatic nitrogens is 3. The molecule has 9 heteroatoms. The van der Waals surface area contributed by atoms with Crippen molar-refractivity contribution in [2.75, 3.05) is 7.11 Å². The van der Waals surface area contributed by atoms with E-state index in [1.165, 1.54) is 12.1 Å². The summed E-state index contributed by atoms with van der Waals surface area (Å²) >= 11 is 0. The largest absolute Gasteiger partial charge is 0.497 e. The average molecular weight is 530 g/mol. The van der Waals surface area contributed by atoms with Crippen LogP contribution in [0.25, 0.3) is 11.0 Å². The zero-order valence-electron chi connectivity index (χ0n) is 21.9. The number of carbonyl (C=O) groups excluding carboxylic acids is 2. The normalized spacial score (nSPS) is 14.6. The van der Waals surface area contributed by atoms with Gasteiger partial charge in [0.05, 0.1) is 12.6 Å². The van der Waals surface area contributed by atoms with E-state index in [9.17, 15) is 14.0 Å². The van der Waals surface area contributed by atoms with Crippen molar-refractivity contribution in [3.63, 3.8) is 0 Å². The first kappa shape index (κ1) is 26.3. The molecule has 5 rings (SSSR count). The Kier molecular flexibility index (Phi) is 8.15. The average Bonchev–Trinajstić information content (AvgIpc) is 3.37. The van der Waals surface area contributed by atoms with Crippen LogP contribution in [-0.2, 0) is 22.7 Å². The quantitative estimate of drug-likeness (QED) is 0.337. The standard InChI is InChI=1S/C30H32FN5O3/c1-39-25-17-11-21(12-18-25)19-35(28(37)20-36-27-10-6-5-9-26(27)33-34-36)29(22-13-15-23(31)16-14-22)30(38)32-24-7-3-2-4-8-24/h5-6,9-18,24,29H,2-4,7-8,19-20H2,1H3,(H,32,38)/t29-/m0/s1. The Morgan fingerprint density at radius 3 is 2.46 bits per heavy atom. The van der Waals surface area contributed by atoms with Crippen LogP contribution in [0.5, 0.6) is 5.75 Å². The van der Waals surface area contributed by atoms with E-state index in [1.54, 1.807) is 28.8 Å². The number of carbonyl (C=O) groups is 2. The highest BCUT2D eigenvalue weighted by Gasteiger charge is 2.33. The second-order valence-electron chi connectivity index (χ2n) is 9.90. The summed E-state index contributed by atoms with van der Waals surface area (Å²) in [4.78, 5) is 29.5. The molecule has 0 saturated heterocycles. The van der Waals surface area contributed by atoms with E-state index in [0.29, 0.717) is 16.8 Å². The van der Waals surface area contributed by atoms with Crippen molar-refractivity contribution in [3.8, 4) is 5.75 Å². The molecule has 1 saturated carbocycles. The lowest BCUT2D eigenvalue weighted by Gasteiger charge is -2.33. The van der Waals surface area contributed by atoms with E-state index in [2.05, 4.69) is 15.6 Å². The van der Waals surface area contributed by atoms with E-state index in [-0.39, 0.29) is 30.9 Å². The molecule has 0 aliphatic heterocycles. The topological polar surface area (TPSA) is 89.3 Å². The Hall–Kier alpha value is -4.27. The predicted molar refractivity (Wildman–Crippen MR) is 145 cm³/mol. The lowest BCUT2D eigenvalue weighted by atomic mass is 9.94. The molecule has 1 aromatic heterocycles. The van der Waals surface area contributed by atoms with Crippen LogP contribution in [0.15, 0.2) is 72.8 Å². The van der Waals surface area contributed by atoms with Gasteiger partial charge in [-0.3, -0.25) is 9.59 Å². The van der Waals surface area contributed by atoms with Crippen LogP contribution in [0.1, 0.15) is 49.3 Å².